The van der Waals surface area contributed by atoms with Gasteiger partial charge < -0.3 is 20.1 Å². The minimum Gasteiger partial charge on any atom is -0.491 e. The van der Waals surface area contributed by atoms with E-state index < -0.39 is 11.9 Å². The molecule has 0 radical (unpaired) electrons. The maximum absolute atomic E-state index is 13.5. The maximum Gasteiger partial charge on any atom is 0.251 e. The average Bonchev–Trinajstić information content (AvgIpc) is 2.80. The summed E-state index contributed by atoms with van der Waals surface area (Å²) in [5.74, 6) is -0.316. The van der Waals surface area contributed by atoms with Crippen LogP contribution in [0.1, 0.15) is 23.2 Å². The van der Waals surface area contributed by atoms with E-state index in [1.54, 1.807) is 6.07 Å². The normalized spacial score (nSPS) is 16.0. The van der Waals surface area contributed by atoms with Gasteiger partial charge in [0.2, 0.25) is 0 Å². The van der Waals surface area contributed by atoms with Crippen LogP contribution in [0, 0.1) is 5.82 Å². The van der Waals surface area contributed by atoms with E-state index in [9.17, 15) is 14.3 Å². The Morgan fingerprint density at radius 3 is 2.58 bits per heavy atom. The standard InChI is InChI=1S/C25H25Cl2FN2O3/c26-19-4-3-16-11-18(2-1-17(16)12-19)25(32)29-20-7-9-30(10-8-20)14-21(31)15-33-22-5-6-23(27)24(28)13-22/h1-6,11-13,20-21,31H,7-10,14-15H2,(H,29,32)/t21-/m0/s1. The number of aliphatic hydroxyl groups excluding tert-OH is 1. The molecule has 1 heterocycles. The Morgan fingerprint density at radius 2 is 1.82 bits per heavy atom. The lowest BCUT2D eigenvalue weighted by atomic mass is 10.0. The molecule has 1 aliphatic rings. The van der Waals surface area contributed by atoms with Crippen LogP contribution < -0.4 is 10.1 Å². The average molecular weight is 491 g/mol. The van der Waals surface area contributed by atoms with Crippen LogP contribution in [0.4, 0.5) is 4.39 Å². The van der Waals surface area contributed by atoms with Crippen molar-refractivity contribution in [2.75, 3.05) is 26.2 Å². The fourth-order valence-corrected chi connectivity index (χ4v) is 4.29. The summed E-state index contributed by atoms with van der Waals surface area (Å²) in [7, 11) is 0. The van der Waals surface area contributed by atoms with Crippen LogP contribution in [-0.2, 0) is 0 Å². The van der Waals surface area contributed by atoms with E-state index in [1.165, 1.54) is 12.1 Å². The van der Waals surface area contributed by atoms with Gasteiger partial charge in [0, 0.05) is 42.3 Å². The SMILES string of the molecule is O=C(NC1CCN(C[C@H](O)COc2ccc(Cl)c(F)c2)CC1)c1ccc2cc(Cl)ccc2c1. The van der Waals surface area contributed by atoms with Gasteiger partial charge in [0.1, 0.15) is 24.3 Å². The van der Waals surface area contributed by atoms with Gasteiger partial charge in [0.15, 0.2) is 0 Å². The van der Waals surface area contributed by atoms with Gasteiger partial charge in [-0.1, -0.05) is 35.3 Å². The molecule has 5 nitrogen and oxygen atoms in total. The van der Waals surface area contributed by atoms with Crippen LogP contribution in [-0.4, -0.2) is 54.3 Å². The highest BCUT2D eigenvalue weighted by Gasteiger charge is 2.23. The first-order valence-corrected chi connectivity index (χ1v) is 11.6. The Kier molecular flexibility index (Phi) is 7.71. The monoisotopic (exact) mass is 490 g/mol. The third kappa shape index (κ3) is 6.36. The second-order valence-electron chi connectivity index (χ2n) is 8.30. The van der Waals surface area contributed by atoms with Crippen LogP contribution in [0.5, 0.6) is 5.75 Å². The number of hydrogen-bond donors (Lipinski definition) is 2. The summed E-state index contributed by atoms with van der Waals surface area (Å²) >= 11 is 11.7. The number of aliphatic hydroxyl groups is 1. The van der Waals surface area contributed by atoms with E-state index in [0.29, 0.717) is 22.9 Å². The molecule has 0 aromatic heterocycles. The summed E-state index contributed by atoms with van der Waals surface area (Å²) in [6.07, 6.45) is 0.886. The molecular weight excluding hydrogens is 466 g/mol. The van der Waals surface area contributed by atoms with Gasteiger partial charge in [0.05, 0.1) is 5.02 Å². The van der Waals surface area contributed by atoms with Gasteiger partial charge in [-0.05, 0) is 60.0 Å². The Balaban J connectivity index is 1.22. The van der Waals surface area contributed by atoms with Crippen LogP contribution in [0.3, 0.4) is 0 Å². The Morgan fingerprint density at radius 1 is 1.09 bits per heavy atom. The third-order valence-corrected chi connectivity index (χ3v) is 6.33. The maximum atomic E-state index is 13.5. The lowest BCUT2D eigenvalue weighted by Gasteiger charge is -2.33. The summed E-state index contributed by atoms with van der Waals surface area (Å²) in [5, 5.41) is 16.1. The number of piperidine rings is 1. The number of fused-ring (bicyclic) bond motifs is 1. The fraction of sp³-hybridized carbons (Fsp3) is 0.320. The largest absolute Gasteiger partial charge is 0.491 e. The molecule has 1 aliphatic heterocycles. The van der Waals surface area contributed by atoms with Crippen LogP contribution in [0.2, 0.25) is 10.0 Å². The van der Waals surface area contributed by atoms with Crippen molar-refractivity contribution in [2.24, 2.45) is 0 Å². The molecular formula is C25H25Cl2FN2O3. The van der Waals surface area contributed by atoms with Crippen molar-refractivity contribution in [3.63, 3.8) is 0 Å². The van der Waals surface area contributed by atoms with Crippen molar-refractivity contribution in [3.05, 3.63) is 76.0 Å². The lowest BCUT2D eigenvalue weighted by molar-refractivity contribution is 0.0567. The summed E-state index contributed by atoms with van der Waals surface area (Å²) < 4.78 is 18.9. The highest BCUT2D eigenvalue weighted by molar-refractivity contribution is 6.31. The van der Waals surface area contributed by atoms with Gasteiger partial charge in [-0.2, -0.15) is 0 Å². The van der Waals surface area contributed by atoms with Crippen molar-refractivity contribution in [3.8, 4) is 5.75 Å². The minimum atomic E-state index is -0.707. The zero-order valence-electron chi connectivity index (χ0n) is 17.9. The number of nitrogens with one attached hydrogen (secondary N) is 1. The van der Waals surface area contributed by atoms with E-state index in [2.05, 4.69) is 10.2 Å². The minimum absolute atomic E-state index is 0.0309. The number of hydrogen-bond acceptors (Lipinski definition) is 4. The second-order valence-corrected chi connectivity index (χ2v) is 9.14. The first kappa shape index (κ1) is 23.8. The summed E-state index contributed by atoms with van der Waals surface area (Å²) in [4.78, 5) is 14.8. The van der Waals surface area contributed by atoms with E-state index in [4.69, 9.17) is 27.9 Å². The number of likely N-dealkylation sites (tertiary alicyclic amines) is 1. The van der Waals surface area contributed by atoms with Crippen molar-refractivity contribution in [1.82, 2.24) is 10.2 Å². The molecule has 8 heteroatoms. The summed E-state index contributed by atoms with van der Waals surface area (Å²) in [5.41, 5.74) is 0.624. The van der Waals surface area contributed by atoms with Gasteiger partial charge >= 0.3 is 0 Å². The van der Waals surface area contributed by atoms with E-state index in [-0.39, 0.29) is 23.6 Å². The molecule has 1 fully saturated rings. The van der Waals surface area contributed by atoms with Crippen molar-refractivity contribution >= 4 is 39.9 Å². The molecule has 3 aromatic carbocycles. The number of ether oxygens (including phenoxy) is 1. The van der Waals surface area contributed by atoms with Gasteiger partial charge in [-0.15, -0.1) is 0 Å². The Labute approximate surface area is 202 Å². The molecule has 2 N–H and O–H groups in total. The lowest BCUT2D eigenvalue weighted by Crippen LogP contribution is -2.47. The first-order valence-electron chi connectivity index (χ1n) is 10.9. The van der Waals surface area contributed by atoms with Crippen LogP contribution in [0.15, 0.2) is 54.6 Å². The zero-order chi connectivity index (χ0) is 23.4. The molecule has 4 rings (SSSR count). The smallest absolute Gasteiger partial charge is 0.251 e. The van der Waals surface area contributed by atoms with Crippen LogP contribution in [0.25, 0.3) is 10.8 Å². The third-order valence-electron chi connectivity index (χ3n) is 5.79. The molecule has 0 aliphatic carbocycles. The van der Waals surface area contributed by atoms with Crippen molar-refractivity contribution < 1.29 is 19.0 Å². The molecule has 0 unspecified atom stereocenters. The Bertz CT molecular complexity index is 1140. The van der Waals surface area contributed by atoms with Crippen LogP contribution >= 0.6 is 23.2 Å². The highest BCUT2D eigenvalue weighted by atomic mass is 35.5. The first-order chi connectivity index (χ1) is 15.9. The van der Waals surface area contributed by atoms with Crippen molar-refractivity contribution in [1.29, 1.82) is 0 Å². The molecule has 0 saturated carbocycles. The number of β-amino-alcohol motifs (C(OH)–C–C–N with tert-alkyl or cyclic N) is 1. The number of nitrogens with zero attached hydrogens (tertiary/aromatic N) is 1. The van der Waals surface area contributed by atoms with E-state index in [1.807, 2.05) is 36.4 Å². The molecule has 1 amide bonds. The Hall–Kier alpha value is -2.38. The molecule has 1 saturated heterocycles. The fourth-order valence-electron chi connectivity index (χ4n) is 4.00. The molecule has 33 heavy (non-hydrogen) atoms. The summed E-state index contributed by atoms with van der Waals surface area (Å²) in [6, 6.07) is 15.5. The highest BCUT2D eigenvalue weighted by Crippen LogP contribution is 2.22. The quantitative estimate of drug-likeness (QED) is 0.493. The second kappa shape index (κ2) is 10.7. The van der Waals surface area contributed by atoms with Gasteiger partial charge in [-0.25, -0.2) is 4.39 Å². The molecule has 1 atom stereocenters. The predicted octanol–water partition coefficient (Wildman–Crippen LogP) is 4.92. The van der Waals surface area contributed by atoms with E-state index >= 15 is 0 Å². The van der Waals surface area contributed by atoms with Gasteiger partial charge in [0.25, 0.3) is 5.91 Å². The summed E-state index contributed by atoms with van der Waals surface area (Å²) in [6.45, 7) is 2.02. The zero-order valence-corrected chi connectivity index (χ0v) is 19.5. The molecule has 3 aromatic rings. The number of carbonyl (C=O) groups excluding carboxylic acids is 1. The van der Waals surface area contributed by atoms with Crippen molar-refractivity contribution in [2.45, 2.75) is 25.0 Å². The topological polar surface area (TPSA) is 61.8 Å². The van der Waals surface area contributed by atoms with Gasteiger partial charge in [-0.3, -0.25) is 4.79 Å². The predicted molar refractivity (Wildman–Crippen MR) is 129 cm³/mol. The van der Waals surface area contributed by atoms with E-state index in [0.717, 1.165) is 36.7 Å². The number of rotatable bonds is 7. The number of halogens is 3. The number of carbonyl (C=O) groups is 1. The molecule has 0 spiro atoms. The molecule has 174 valence electrons. The number of amides is 1. The molecule has 0 bridgehead atoms. The number of benzene rings is 3.